The quantitative estimate of drug-likeness (QED) is 0.548. The number of fused-ring (bicyclic) bond motifs is 9. The molecule has 2 aliphatic carbocycles. The zero-order valence-corrected chi connectivity index (χ0v) is 19.4. The van der Waals surface area contributed by atoms with Gasteiger partial charge in [0.2, 0.25) is 0 Å². The maximum Gasteiger partial charge on any atom is 0.339 e. The molecule has 3 fully saturated rings. The molecule has 0 amide bonds. The number of aromatic hydroxyl groups is 1. The fraction of sp³-hybridized carbons (Fsp3) is 0.607. The van der Waals surface area contributed by atoms with Crippen LogP contribution < -0.4 is 5.63 Å². The van der Waals surface area contributed by atoms with Crippen LogP contribution in [0.15, 0.2) is 33.0 Å². The number of nitrogens with zero attached hydrogens (tertiary/aromatic N) is 2. The molecule has 5 aliphatic rings. The van der Waals surface area contributed by atoms with Crippen LogP contribution in [0.4, 0.5) is 0 Å². The molecule has 7 rings (SSSR count). The molecular formula is C28H34N2O3. The Morgan fingerprint density at radius 3 is 2.88 bits per heavy atom. The summed E-state index contributed by atoms with van der Waals surface area (Å²) < 4.78 is 5.88. The van der Waals surface area contributed by atoms with Crippen LogP contribution >= 0.6 is 0 Å². The van der Waals surface area contributed by atoms with Gasteiger partial charge in [0, 0.05) is 36.1 Å². The average Bonchev–Trinajstić information content (AvgIpc) is 3.32. The molecule has 0 spiro atoms. The molecule has 0 saturated carbocycles. The molecule has 174 valence electrons. The van der Waals surface area contributed by atoms with Gasteiger partial charge in [0.1, 0.15) is 11.3 Å². The Kier molecular flexibility index (Phi) is 4.74. The van der Waals surface area contributed by atoms with Crippen molar-refractivity contribution in [1.29, 1.82) is 0 Å². The van der Waals surface area contributed by atoms with E-state index in [-0.39, 0.29) is 11.4 Å². The van der Waals surface area contributed by atoms with Crippen LogP contribution in [0.3, 0.4) is 0 Å². The van der Waals surface area contributed by atoms with E-state index in [1.807, 2.05) is 12.1 Å². The molecule has 33 heavy (non-hydrogen) atoms. The third-order valence-electron chi connectivity index (χ3n) is 9.34. The first kappa shape index (κ1) is 20.3. The molecule has 3 saturated heterocycles. The third-order valence-corrected chi connectivity index (χ3v) is 9.34. The van der Waals surface area contributed by atoms with Crippen LogP contribution in [-0.4, -0.2) is 46.6 Å². The number of aryl methyl sites for hydroxylation is 1. The van der Waals surface area contributed by atoms with E-state index in [0.29, 0.717) is 24.1 Å². The summed E-state index contributed by atoms with van der Waals surface area (Å²) in [6, 6.07) is 4.98. The van der Waals surface area contributed by atoms with Gasteiger partial charge in [-0.2, -0.15) is 0 Å². The highest BCUT2D eigenvalue weighted by Gasteiger charge is 2.46. The zero-order valence-electron chi connectivity index (χ0n) is 19.4. The van der Waals surface area contributed by atoms with Gasteiger partial charge in [-0.3, -0.25) is 9.80 Å². The Labute approximate surface area is 195 Å². The lowest BCUT2D eigenvalue weighted by Gasteiger charge is -2.54. The van der Waals surface area contributed by atoms with Crippen molar-refractivity contribution < 1.29 is 9.52 Å². The Balaban J connectivity index is 1.27. The summed E-state index contributed by atoms with van der Waals surface area (Å²) >= 11 is 0. The number of likely N-dealkylation sites (tertiary alicyclic amines) is 1. The SMILES string of the molecule is O=c1oc2c(CN3CCCC4=CC5CC(CN6CCCC[C@H]56)[C@@H]43)c(O)ccc2c2c1CCC2. The molecule has 2 unspecified atom stereocenters. The highest BCUT2D eigenvalue weighted by molar-refractivity contribution is 5.86. The minimum Gasteiger partial charge on any atom is -0.507 e. The summed E-state index contributed by atoms with van der Waals surface area (Å²) in [4.78, 5) is 18.1. The van der Waals surface area contributed by atoms with Gasteiger partial charge >= 0.3 is 5.63 Å². The van der Waals surface area contributed by atoms with Crippen LogP contribution in [0.2, 0.25) is 0 Å². The second kappa shape index (κ2) is 7.71. The molecule has 1 N–H and O–H groups in total. The number of phenols is 1. The summed E-state index contributed by atoms with van der Waals surface area (Å²) in [7, 11) is 0. The highest BCUT2D eigenvalue weighted by Crippen LogP contribution is 2.46. The molecule has 4 heterocycles. The normalized spacial score (nSPS) is 31.7. The summed E-state index contributed by atoms with van der Waals surface area (Å²) in [5.41, 5.74) is 4.84. The lowest BCUT2D eigenvalue weighted by molar-refractivity contribution is -0.00274. The van der Waals surface area contributed by atoms with Gasteiger partial charge in [0.05, 0.1) is 5.56 Å². The first-order valence-electron chi connectivity index (χ1n) is 13.2. The summed E-state index contributed by atoms with van der Waals surface area (Å²) in [6.07, 6.45) is 13.2. The number of rotatable bonds is 2. The molecule has 4 atom stereocenters. The second-order valence-electron chi connectivity index (χ2n) is 11.1. The molecule has 0 radical (unpaired) electrons. The summed E-state index contributed by atoms with van der Waals surface area (Å²) in [6.45, 7) is 4.16. The Morgan fingerprint density at radius 2 is 1.94 bits per heavy atom. The van der Waals surface area contributed by atoms with Crippen LogP contribution in [-0.2, 0) is 19.4 Å². The lowest BCUT2D eigenvalue weighted by Crippen LogP contribution is -2.59. The average molecular weight is 447 g/mol. The van der Waals surface area contributed by atoms with E-state index >= 15 is 0 Å². The van der Waals surface area contributed by atoms with Crippen molar-refractivity contribution in [3.63, 3.8) is 0 Å². The number of benzene rings is 1. The molecule has 1 aromatic carbocycles. The second-order valence-corrected chi connectivity index (χ2v) is 11.1. The topological polar surface area (TPSA) is 56.9 Å². The molecule has 5 heteroatoms. The van der Waals surface area contributed by atoms with Crippen LogP contribution in [0.5, 0.6) is 5.75 Å². The first-order chi connectivity index (χ1) is 16.2. The first-order valence-corrected chi connectivity index (χ1v) is 13.2. The van der Waals surface area contributed by atoms with Crippen molar-refractivity contribution in [3.8, 4) is 5.75 Å². The fourth-order valence-corrected chi connectivity index (χ4v) is 8.01. The number of hydrogen-bond acceptors (Lipinski definition) is 5. The van der Waals surface area contributed by atoms with Gasteiger partial charge in [0.15, 0.2) is 0 Å². The number of phenolic OH excluding ortho intramolecular Hbond substituents is 1. The summed E-state index contributed by atoms with van der Waals surface area (Å²) in [5.74, 6) is 1.65. The van der Waals surface area contributed by atoms with E-state index < -0.39 is 0 Å². The zero-order chi connectivity index (χ0) is 22.1. The number of hydrogen-bond donors (Lipinski definition) is 1. The maximum atomic E-state index is 12.7. The maximum absolute atomic E-state index is 12.7. The largest absolute Gasteiger partial charge is 0.507 e. The monoisotopic (exact) mass is 446 g/mol. The molecule has 1 aromatic heterocycles. The Morgan fingerprint density at radius 1 is 1.03 bits per heavy atom. The van der Waals surface area contributed by atoms with Crippen LogP contribution in [0.1, 0.15) is 61.6 Å². The lowest BCUT2D eigenvalue weighted by atomic mass is 9.68. The van der Waals surface area contributed by atoms with Gasteiger partial charge in [0.25, 0.3) is 0 Å². The number of piperidine rings is 3. The minimum absolute atomic E-state index is 0.204. The van der Waals surface area contributed by atoms with E-state index in [4.69, 9.17) is 4.42 Å². The van der Waals surface area contributed by atoms with E-state index in [1.54, 1.807) is 5.57 Å². The van der Waals surface area contributed by atoms with Crippen molar-refractivity contribution in [1.82, 2.24) is 9.80 Å². The predicted molar refractivity (Wildman–Crippen MR) is 128 cm³/mol. The van der Waals surface area contributed by atoms with E-state index in [0.717, 1.165) is 59.8 Å². The van der Waals surface area contributed by atoms with Crippen molar-refractivity contribution in [2.24, 2.45) is 11.8 Å². The highest BCUT2D eigenvalue weighted by atomic mass is 16.4. The predicted octanol–water partition coefficient (Wildman–Crippen LogP) is 4.38. The van der Waals surface area contributed by atoms with Crippen molar-refractivity contribution in [3.05, 3.63) is 50.9 Å². The van der Waals surface area contributed by atoms with Crippen molar-refractivity contribution in [2.45, 2.75) is 76.4 Å². The molecule has 3 aliphatic heterocycles. The molecule has 2 aromatic rings. The smallest absolute Gasteiger partial charge is 0.339 e. The molecule has 2 bridgehead atoms. The van der Waals surface area contributed by atoms with Crippen LogP contribution in [0, 0.1) is 11.8 Å². The van der Waals surface area contributed by atoms with Gasteiger partial charge in [-0.25, -0.2) is 4.79 Å². The van der Waals surface area contributed by atoms with Crippen LogP contribution in [0.25, 0.3) is 11.0 Å². The van der Waals surface area contributed by atoms with Crippen molar-refractivity contribution in [2.75, 3.05) is 19.6 Å². The van der Waals surface area contributed by atoms with Crippen molar-refractivity contribution >= 4 is 11.0 Å². The third kappa shape index (κ3) is 3.15. The van der Waals surface area contributed by atoms with E-state index in [2.05, 4.69) is 15.9 Å². The molecule has 5 nitrogen and oxygen atoms in total. The van der Waals surface area contributed by atoms with Gasteiger partial charge in [-0.15, -0.1) is 0 Å². The van der Waals surface area contributed by atoms with Gasteiger partial charge in [-0.1, -0.05) is 18.1 Å². The minimum atomic E-state index is -0.204. The van der Waals surface area contributed by atoms with Gasteiger partial charge < -0.3 is 9.52 Å². The van der Waals surface area contributed by atoms with Gasteiger partial charge in [-0.05, 0) is 94.0 Å². The summed E-state index contributed by atoms with van der Waals surface area (Å²) in [5, 5.41) is 11.9. The Hall–Kier alpha value is -2.11. The fourth-order valence-electron chi connectivity index (χ4n) is 8.01. The van der Waals surface area contributed by atoms with E-state index in [1.165, 1.54) is 51.6 Å². The molecular weight excluding hydrogens is 412 g/mol. The van der Waals surface area contributed by atoms with E-state index in [9.17, 15) is 9.90 Å². The Bertz CT molecular complexity index is 1200. The standard InChI is InChI=1S/C28H34N2O3/c31-25-10-9-21-20-6-3-7-22(20)28(32)33-27(21)23(25)16-30-12-4-5-17-13-18-14-19(26(17)30)15-29-11-2-1-8-24(18)29/h9-10,13,18-19,24,26,31H,1-8,11-12,14-16H2/t18?,19?,24-,26-/m1/s1.